The summed E-state index contributed by atoms with van der Waals surface area (Å²) in [5.41, 5.74) is -0.738. The zero-order valence-corrected chi connectivity index (χ0v) is 13.9. The molecule has 1 aliphatic heterocycles. The fourth-order valence-corrected chi connectivity index (χ4v) is 2.64. The number of hydrogen-bond donors (Lipinski definition) is 1. The third-order valence-electron chi connectivity index (χ3n) is 3.71. The molecule has 0 aliphatic carbocycles. The molecule has 24 heavy (non-hydrogen) atoms. The van der Waals surface area contributed by atoms with Gasteiger partial charge in [0.25, 0.3) is 0 Å². The van der Waals surface area contributed by atoms with E-state index in [0.29, 0.717) is 5.56 Å². The van der Waals surface area contributed by atoms with E-state index >= 15 is 0 Å². The normalized spacial score (nSPS) is 18.8. The van der Waals surface area contributed by atoms with Crippen LogP contribution >= 0.6 is 0 Å². The highest BCUT2D eigenvalue weighted by Crippen LogP contribution is 2.30. The second-order valence-electron chi connectivity index (χ2n) is 7.11. The van der Waals surface area contributed by atoms with Gasteiger partial charge in [-0.05, 0) is 38.5 Å². The van der Waals surface area contributed by atoms with Crippen LogP contribution in [-0.2, 0) is 22.3 Å². The molecular formula is C17H21F3N2O2. The van der Waals surface area contributed by atoms with Gasteiger partial charge in [0.2, 0.25) is 11.8 Å². The van der Waals surface area contributed by atoms with E-state index in [0.717, 1.165) is 12.1 Å². The van der Waals surface area contributed by atoms with Crippen molar-refractivity contribution in [3.8, 4) is 0 Å². The number of halogens is 3. The highest BCUT2D eigenvalue weighted by molar-refractivity contribution is 5.89. The Kier molecular flexibility index (Phi) is 4.92. The minimum Gasteiger partial charge on any atom is -0.351 e. The molecule has 1 aromatic carbocycles. The lowest BCUT2D eigenvalue weighted by atomic mass is 10.0. The Balaban J connectivity index is 2.04. The van der Waals surface area contributed by atoms with Crippen LogP contribution in [0.1, 0.15) is 38.3 Å². The van der Waals surface area contributed by atoms with Crippen LogP contribution in [0.4, 0.5) is 13.2 Å². The van der Waals surface area contributed by atoms with E-state index in [2.05, 4.69) is 5.32 Å². The predicted molar refractivity (Wildman–Crippen MR) is 82.9 cm³/mol. The summed E-state index contributed by atoms with van der Waals surface area (Å²) in [7, 11) is 0. The van der Waals surface area contributed by atoms with E-state index in [-0.39, 0.29) is 31.3 Å². The van der Waals surface area contributed by atoms with Crippen LogP contribution in [0, 0.1) is 5.92 Å². The van der Waals surface area contributed by atoms with Gasteiger partial charge in [0, 0.05) is 25.0 Å². The zero-order valence-electron chi connectivity index (χ0n) is 13.9. The van der Waals surface area contributed by atoms with Gasteiger partial charge in [-0.15, -0.1) is 0 Å². The summed E-state index contributed by atoms with van der Waals surface area (Å²) in [6.07, 6.45) is -4.33. The third-order valence-corrected chi connectivity index (χ3v) is 3.71. The van der Waals surface area contributed by atoms with Gasteiger partial charge in [0.15, 0.2) is 0 Å². The van der Waals surface area contributed by atoms with Crippen LogP contribution in [0.3, 0.4) is 0 Å². The standard InChI is InChI=1S/C17H21F3N2O2/c1-16(2,3)21-15(24)12-8-14(23)22(10-12)9-11-5-4-6-13(7-11)17(18,19)20/h4-7,12H,8-10H2,1-3H3,(H,21,24)/t12-/m0/s1. The van der Waals surface area contributed by atoms with Crippen molar-refractivity contribution in [1.82, 2.24) is 10.2 Å². The molecule has 2 amide bonds. The Labute approximate surface area is 139 Å². The van der Waals surface area contributed by atoms with Crippen molar-refractivity contribution < 1.29 is 22.8 Å². The summed E-state index contributed by atoms with van der Waals surface area (Å²) in [6.45, 7) is 5.84. The molecule has 1 heterocycles. The molecule has 7 heteroatoms. The van der Waals surface area contributed by atoms with E-state index in [1.807, 2.05) is 20.8 Å². The summed E-state index contributed by atoms with van der Waals surface area (Å²) in [6, 6.07) is 4.90. The molecule has 0 spiro atoms. The van der Waals surface area contributed by atoms with Crippen molar-refractivity contribution in [1.29, 1.82) is 0 Å². The summed E-state index contributed by atoms with van der Waals surface area (Å²) in [5.74, 6) is -0.897. The van der Waals surface area contributed by atoms with Crippen LogP contribution in [0.15, 0.2) is 24.3 Å². The highest BCUT2D eigenvalue weighted by Gasteiger charge is 2.36. The van der Waals surface area contributed by atoms with Gasteiger partial charge in [0.1, 0.15) is 0 Å². The first-order valence-electron chi connectivity index (χ1n) is 7.71. The first kappa shape index (κ1) is 18.3. The Morgan fingerprint density at radius 2 is 1.96 bits per heavy atom. The van der Waals surface area contributed by atoms with Gasteiger partial charge in [0.05, 0.1) is 11.5 Å². The topological polar surface area (TPSA) is 49.4 Å². The first-order valence-corrected chi connectivity index (χ1v) is 7.71. The molecule has 4 nitrogen and oxygen atoms in total. The van der Waals surface area contributed by atoms with E-state index < -0.39 is 23.2 Å². The fourth-order valence-electron chi connectivity index (χ4n) is 2.64. The van der Waals surface area contributed by atoms with Gasteiger partial charge < -0.3 is 10.2 Å². The van der Waals surface area contributed by atoms with Crippen LogP contribution in [0.2, 0.25) is 0 Å². The number of carbonyl (C=O) groups excluding carboxylic acids is 2. The maximum Gasteiger partial charge on any atom is 0.416 e. The minimum absolute atomic E-state index is 0.0715. The van der Waals surface area contributed by atoms with E-state index in [9.17, 15) is 22.8 Å². The fraction of sp³-hybridized carbons (Fsp3) is 0.529. The van der Waals surface area contributed by atoms with Gasteiger partial charge in [-0.2, -0.15) is 13.2 Å². The maximum atomic E-state index is 12.8. The number of amides is 2. The van der Waals surface area contributed by atoms with Crippen LogP contribution in [0.5, 0.6) is 0 Å². The molecule has 0 unspecified atom stereocenters. The summed E-state index contributed by atoms with van der Waals surface area (Å²) in [5, 5.41) is 2.83. The number of hydrogen-bond acceptors (Lipinski definition) is 2. The molecular weight excluding hydrogens is 321 g/mol. The molecule has 1 atom stereocenters. The monoisotopic (exact) mass is 342 g/mol. The molecule has 1 aromatic rings. The lowest BCUT2D eigenvalue weighted by Gasteiger charge is -2.23. The van der Waals surface area contributed by atoms with E-state index in [4.69, 9.17) is 0 Å². The Morgan fingerprint density at radius 1 is 1.29 bits per heavy atom. The first-order chi connectivity index (χ1) is 11.0. The lowest BCUT2D eigenvalue weighted by Crippen LogP contribution is -2.44. The zero-order chi connectivity index (χ0) is 18.1. The Hall–Kier alpha value is -2.05. The van der Waals surface area contributed by atoms with Gasteiger partial charge in [-0.25, -0.2) is 0 Å². The second-order valence-corrected chi connectivity index (χ2v) is 7.11. The van der Waals surface area contributed by atoms with Crippen LogP contribution < -0.4 is 5.32 Å². The maximum absolute atomic E-state index is 12.8. The number of nitrogens with zero attached hydrogens (tertiary/aromatic N) is 1. The molecule has 1 aliphatic rings. The molecule has 1 fully saturated rings. The van der Waals surface area contributed by atoms with Crippen molar-refractivity contribution in [2.45, 2.75) is 45.5 Å². The average molecular weight is 342 g/mol. The largest absolute Gasteiger partial charge is 0.416 e. The van der Waals surface area contributed by atoms with Gasteiger partial charge in [-0.1, -0.05) is 12.1 Å². The van der Waals surface area contributed by atoms with Gasteiger partial charge in [-0.3, -0.25) is 9.59 Å². The molecule has 0 saturated carbocycles. The summed E-state index contributed by atoms with van der Waals surface area (Å²) >= 11 is 0. The molecule has 1 saturated heterocycles. The number of benzene rings is 1. The number of alkyl halides is 3. The molecule has 0 radical (unpaired) electrons. The highest BCUT2D eigenvalue weighted by atomic mass is 19.4. The molecule has 2 rings (SSSR count). The Morgan fingerprint density at radius 3 is 2.54 bits per heavy atom. The van der Waals surface area contributed by atoms with Crippen LogP contribution in [-0.4, -0.2) is 28.8 Å². The van der Waals surface area contributed by atoms with E-state index in [1.54, 1.807) is 6.07 Å². The average Bonchev–Trinajstić information content (AvgIpc) is 2.78. The Bertz CT molecular complexity index is 635. The number of rotatable bonds is 3. The van der Waals surface area contributed by atoms with Crippen molar-refractivity contribution in [3.63, 3.8) is 0 Å². The third kappa shape index (κ3) is 4.72. The lowest BCUT2D eigenvalue weighted by molar-refractivity contribution is -0.137. The smallest absolute Gasteiger partial charge is 0.351 e. The van der Waals surface area contributed by atoms with Crippen molar-refractivity contribution >= 4 is 11.8 Å². The quantitative estimate of drug-likeness (QED) is 0.918. The molecule has 0 bridgehead atoms. The van der Waals surface area contributed by atoms with E-state index in [1.165, 1.54) is 11.0 Å². The molecule has 132 valence electrons. The number of likely N-dealkylation sites (tertiary alicyclic amines) is 1. The summed E-state index contributed by atoms with van der Waals surface area (Å²) < 4.78 is 38.3. The second kappa shape index (κ2) is 6.45. The van der Waals surface area contributed by atoms with Gasteiger partial charge >= 0.3 is 6.18 Å². The van der Waals surface area contributed by atoms with Crippen molar-refractivity contribution in [2.24, 2.45) is 5.92 Å². The molecule has 1 N–H and O–H groups in total. The summed E-state index contributed by atoms with van der Waals surface area (Å²) in [4.78, 5) is 25.6. The van der Waals surface area contributed by atoms with Crippen molar-refractivity contribution in [3.05, 3.63) is 35.4 Å². The predicted octanol–water partition coefficient (Wildman–Crippen LogP) is 2.97. The van der Waals surface area contributed by atoms with Crippen LogP contribution in [0.25, 0.3) is 0 Å². The number of nitrogens with one attached hydrogen (secondary N) is 1. The molecule has 0 aromatic heterocycles. The minimum atomic E-state index is -4.42. The SMILES string of the molecule is CC(C)(C)NC(=O)[C@H]1CC(=O)N(Cc2cccc(C(F)(F)F)c2)C1. The van der Waals surface area contributed by atoms with Crippen molar-refractivity contribution in [2.75, 3.05) is 6.54 Å². The number of carbonyl (C=O) groups is 2.